The van der Waals surface area contributed by atoms with E-state index in [1.54, 1.807) is 4.90 Å². The van der Waals surface area contributed by atoms with E-state index in [9.17, 15) is 4.79 Å². The van der Waals surface area contributed by atoms with Gasteiger partial charge in [-0.2, -0.15) is 0 Å². The molecule has 4 nitrogen and oxygen atoms in total. The molecule has 3 rings (SSSR count). The number of para-hydroxylation sites is 1. The minimum Gasteiger partial charge on any atom is -0.360 e. The monoisotopic (exact) mass is 259 g/mol. The Hall–Kier alpha value is -1.65. The van der Waals surface area contributed by atoms with Gasteiger partial charge in [0.15, 0.2) is 0 Å². The molecule has 0 atom stereocenters. The van der Waals surface area contributed by atoms with Gasteiger partial charge in [0.25, 0.3) is 0 Å². The number of piperazine rings is 1. The van der Waals surface area contributed by atoms with E-state index in [4.69, 9.17) is 0 Å². The van der Waals surface area contributed by atoms with Crippen molar-refractivity contribution >= 4 is 16.7 Å². The van der Waals surface area contributed by atoms with Crippen molar-refractivity contribution in [3.05, 3.63) is 36.0 Å². The highest BCUT2D eigenvalue weighted by molar-refractivity contribution is 6.08. The highest BCUT2D eigenvalue weighted by atomic mass is 16.1. The summed E-state index contributed by atoms with van der Waals surface area (Å²) in [5.74, 6) is 0.256. The Balaban J connectivity index is 1.73. The highest BCUT2D eigenvalue weighted by Crippen LogP contribution is 2.17. The van der Waals surface area contributed by atoms with Crippen molar-refractivity contribution < 1.29 is 14.6 Å². The van der Waals surface area contributed by atoms with E-state index in [-0.39, 0.29) is 5.78 Å². The molecule has 19 heavy (non-hydrogen) atoms. The molecule has 2 aromatic rings. The number of aromatic nitrogens is 1. The molecule has 0 amide bonds. The van der Waals surface area contributed by atoms with Crippen molar-refractivity contribution in [2.75, 3.05) is 39.8 Å². The minimum atomic E-state index is 0.256. The summed E-state index contributed by atoms with van der Waals surface area (Å²) in [5.41, 5.74) is 1.89. The van der Waals surface area contributed by atoms with Crippen molar-refractivity contribution in [1.29, 1.82) is 0 Å². The van der Waals surface area contributed by atoms with Gasteiger partial charge in [0.05, 0.1) is 7.05 Å². The summed E-state index contributed by atoms with van der Waals surface area (Å²) in [5, 5.41) is 1.05. The zero-order valence-corrected chi connectivity index (χ0v) is 11.3. The molecule has 1 aromatic heterocycles. The fourth-order valence-corrected chi connectivity index (χ4v) is 2.83. The number of hydrogen-bond donors (Lipinski definition) is 3. The Morgan fingerprint density at radius 1 is 1.21 bits per heavy atom. The standard InChI is InChI=1S/C15H19N3O/c1-17-6-8-18(9-7-17)11-15(19)13-10-16-14-5-3-2-4-12(13)14/h2-5,10,16H,6-9,11H2,1H3/p+2. The molecule has 1 saturated heterocycles. The minimum absolute atomic E-state index is 0.256. The predicted octanol–water partition coefficient (Wildman–Crippen LogP) is -1.24. The van der Waals surface area contributed by atoms with Crippen LogP contribution in [0, 0.1) is 0 Å². The Kier molecular flexibility index (Phi) is 3.36. The lowest BCUT2D eigenvalue weighted by Gasteiger charge is -2.26. The number of ketones is 1. The van der Waals surface area contributed by atoms with Crippen LogP contribution in [-0.4, -0.2) is 50.5 Å². The van der Waals surface area contributed by atoms with Gasteiger partial charge in [0, 0.05) is 22.7 Å². The van der Waals surface area contributed by atoms with Crippen LogP contribution in [0.2, 0.25) is 0 Å². The van der Waals surface area contributed by atoms with Gasteiger partial charge in [-0.25, -0.2) is 0 Å². The van der Waals surface area contributed by atoms with E-state index in [0.717, 1.165) is 42.6 Å². The molecule has 1 aliphatic rings. The average Bonchev–Trinajstić information content (AvgIpc) is 2.85. The summed E-state index contributed by atoms with van der Waals surface area (Å²) in [6, 6.07) is 8.00. The number of nitrogens with one attached hydrogen (secondary N) is 3. The van der Waals surface area contributed by atoms with E-state index in [0.29, 0.717) is 6.54 Å². The number of carbonyl (C=O) groups excluding carboxylic acids is 1. The molecule has 0 spiro atoms. The van der Waals surface area contributed by atoms with Gasteiger partial charge in [-0.1, -0.05) is 18.2 Å². The lowest BCUT2D eigenvalue weighted by Crippen LogP contribution is -3.27. The van der Waals surface area contributed by atoms with E-state index >= 15 is 0 Å². The number of Topliss-reactive ketones (excluding diaryl/α,β-unsaturated/α-hetero) is 1. The topological polar surface area (TPSA) is 41.7 Å². The van der Waals surface area contributed by atoms with Gasteiger partial charge in [-0.15, -0.1) is 0 Å². The number of fused-ring (bicyclic) bond motifs is 1. The maximum Gasteiger partial charge on any atom is 0.219 e. The zero-order chi connectivity index (χ0) is 13.2. The van der Waals surface area contributed by atoms with Crippen LogP contribution in [0.5, 0.6) is 0 Å². The quantitative estimate of drug-likeness (QED) is 0.593. The molecule has 0 radical (unpaired) electrons. The molecular formula is C15H21N3O+2. The van der Waals surface area contributed by atoms with Gasteiger partial charge < -0.3 is 14.8 Å². The second kappa shape index (κ2) is 5.15. The third kappa shape index (κ3) is 2.55. The van der Waals surface area contributed by atoms with Crippen LogP contribution >= 0.6 is 0 Å². The van der Waals surface area contributed by atoms with E-state index in [2.05, 4.69) is 12.0 Å². The first-order chi connectivity index (χ1) is 9.24. The maximum atomic E-state index is 12.4. The number of carbonyl (C=O) groups is 1. The summed E-state index contributed by atoms with van der Waals surface area (Å²) in [4.78, 5) is 18.6. The van der Waals surface area contributed by atoms with E-state index in [1.165, 1.54) is 4.90 Å². The highest BCUT2D eigenvalue weighted by Gasteiger charge is 2.23. The normalized spacial score (nSPS) is 23.6. The van der Waals surface area contributed by atoms with Crippen molar-refractivity contribution in [1.82, 2.24) is 4.98 Å². The number of quaternary nitrogens is 2. The van der Waals surface area contributed by atoms with Crippen molar-refractivity contribution in [3.8, 4) is 0 Å². The molecule has 0 unspecified atom stereocenters. The molecule has 1 fully saturated rings. The number of hydrogen-bond acceptors (Lipinski definition) is 1. The Labute approximate surface area is 113 Å². The summed E-state index contributed by atoms with van der Waals surface area (Å²) in [6.45, 7) is 5.14. The molecule has 100 valence electrons. The maximum absolute atomic E-state index is 12.4. The second-order valence-corrected chi connectivity index (χ2v) is 5.55. The van der Waals surface area contributed by atoms with Crippen LogP contribution in [0.1, 0.15) is 10.4 Å². The molecule has 1 aromatic carbocycles. The Bertz CT molecular complexity index is 582. The van der Waals surface area contributed by atoms with Crippen LogP contribution < -0.4 is 9.80 Å². The Morgan fingerprint density at radius 2 is 1.95 bits per heavy atom. The molecule has 4 heteroatoms. The van der Waals surface area contributed by atoms with Crippen LogP contribution in [-0.2, 0) is 0 Å². The van der Waals surface area contributed by atoms with Gasteiger partial charge in [0.2, 0.25) is 5.78 Å². The molecule has 0 saturated carbocycles. The second-order valence-electron chi connectivity index (χ2n) is 5.55. The van der Waals surface area contributed by atoms with Crippen molar-refractivity contribution in [2.24, 2.45) is 0 Å². The fourth-order valence-electron chi connectivity index (χ4n) is 2.83. The SMILES string of the molecule is C[NH+]1CC[NH+](CC(=O)c2c[nH]c3ccccc23)CC1. The first kappa shape index (κ1) is 12.4. The smallest absolute Gasteiger partial charge is 0.219 e. The third-order valence-electron chi connectivity index (χ3n) is 4.11. The van der Waals surface area contributed by atoms with Gasteiger partial charge in [-0.3, -0.25) is 4.79 Å². The zero-order valence-electron chi connectivity index (χ0n) is 11.3. The summed E-state index contributed by atoms with van der Waals surface area (Å²) < 4.78 is 0. The van der Waals surface area contributed by atoms with Crippen LogP contribution in [0.25, 0.3) is 10.9 Å². The first-order valence-electron chi connectivity index (χ1n) is 6.98. The fraction of sp³-hybridized carbons (Fsp3) is 0.400. The van der Waals surface area contributed by atoms with E-state index in [1.807, 2.05) is 30.5 Å². The van der Waals surface area contributed by atoms with Crippen molar-refractivity contribution in [3.63, 3.8) is 0 Å². The van der Waals surface area contributed by atoms with Crippen LogP contribution in [0.3, 0.4) is 0 Å². The van der Waals surface area contributed by atoms with E-state index < -0.39 is 0 Å². The molecule has 3 N–H and O–H groups in total. The lowest BCUT2D eigenvalue weighted by atomic mass is 10.1. The third-order valence-corrected chi connectivity index (χ3v) is 4.11. The molecule has 2 heterocycles. The molecule has 0 bridgehead atoms. The van der Waals surface area contributed by atoms with Crippen molar-refractivity contribution in [2.45, 2.75) is 0 Å². The van der Waals surface area contributed by atoms with Crippen LogP contribution in [0.4, 0.5) is 0 Å². The van der Waals surface area contributed by atoms with Gasteiger partial charge in [0.1, 0.15) is 32.7 Å². The first-order valence-corrected chi connectivity index (χ1v) is 6.98. The van der Waals surface area contributed by atoms with Gasteiger partial charge in [-0.05, 0) is 6.07 Å². The average molecular weight is 259 g/mol. The number of rotatable bonds is 3. The van der Waals surface area contributed by atoms with Gasteiger partial charge >= 0.3 is 0 Å². The molecule has 0 aliphatic carbocycles. The largest absolute Gasteiger partial charge is 0.360 e. The Morgan fingerprint density at radius 3 is 2.74 bits per heavy atom. The number of aromatic amines is 1. The number of likely N-dealkylation sites (N-methyl/N-ethyl adjacent to an activating group) is 1. The molecular weight excluding hydrogens is 238 g/mol. The summed E-state index contributed by atoms with van der Waals surface area (Å²) in [7, 11) is 2.22. The predicted molar refractivity (Wildman–Crippen MR) is 74.8 cm³/mol. The number of H-pyrrole nitrogens is 1. The summed E-state index contributed by atoms with van der Waals surface area (Å²) >= 11 is 0. The van der Waals surface area contributed by atoms with Crippen LogP contribution in [0.15, 0.2) is 30.5 Å². The lowest BCUT2D eigenvalue weighted by molar-refractivity contribution is -0.999. The molecule has 1 aliphatic heterocycles. The number of benzene rings is 1. The summed E-state index contributed by atoms with van der Waals surface area (Å²) in [6.07, 6.45) is 1.85.